The van der Waals surface area contributed by atoms with Gasteiger partial charge in [-0.1, -0.05) is 37.5 Å². The zero-order valence-electron chi connectivity index (χ0n) is 16.9. The van der Waals surface area contributed by atoms with Crippen molar-refractivity contribution in [3.63, 3.8) is 0 Å². The average molecular weight is 401 g/mol. The number of ether oxygens (including phenoxy) is 2. The van der Waals surface area contributed by atoms with Crippen LogP contribution in [0.15, 0.2) is 42.0 Å². The van der Waals surface area contributed by atoms with Gasteiger partial charge in [0.25, 0.3) is 11.8 Å². The molecule has 1 aliphatic rings. The maximum Gasteiger partial charge on any atom is 0.344 e. The van der Waals surface area contributed by atoms with E-state index in [0.717, 1.165) is 30.2 Å². The molecule has 0 heterocycles. The molecule has 1 aliphatic carbocycles. The molecule has 0 saturated heterocycles. The molecule has 1 fully saturated rings. The highest BCUT2D eigenvalue weighted by Gasteiger charge is 2.36. The monoisotopic (exact) mass is 401 g/mol. The van der Waals surface area contributed by atoms with Crippen LogP contribution in [0.25, 0.3) is 0 Å². The van der Waals surface area contributed by atoms with Crippen LogP contribution in [0.3, 0.4) is 0 Å². The molecule has 1 saturated carbocycles. The van der Waals surface area contributed by atoms with E-state index >= 15 is 0 Å². The van der Waals surface area contributed by atoms with Crippen molar-refractivity contribution in [2.75, 3.05) is 13.2 Å². The zero-order valence-corrected chi connectivity index (χ0v) is 16.9. The number of hydrogen-bond acceptors (Lipinski definition) is 6. The van der Waals surface area contributed by atoms with E-state index in [-0.39, 0.29) is 19.3 Å². The van der Waals surface area contributed by atoms with Crippen LogP contribution in [0.2, 0.25) is 0 Å². The van der Waals surface area contributed by atoms with Crippen LogP contribution in [0.1, 0.15) is 56.3 Å². The second-order valence-electron chi connectivity index (χ2n) is 6.67. The molecule has 0 aromatic heterocycles. The lowest BCUT2D eigenvalue weighted by Gasteiger charge is -2.33. The van der Waals surface area contributed by atoms with Crippen molar-refractivity contribution in [1.82, 2.24) is 4.90 Å². The maximum absolute atomic E-state index is 13.3. The summed E-state index contributed by atoms with van der Waals surface area (Å²) in [5, 5.41) is 0. The zero-order chi connectivity index (χ0) is 21.2. The molecule has 2 amide bonds. The second kappa shape index (κ2) is 11.1. The Morgan fingerprint density at radius 1 is 0.966 bits per heavy atom. The number of nitrogens with zero attached hydrogens (tertiary/aromatic N) is 1. The van der Waals surface area contributed by atoms with Crippen LogP contribution < -0.4 is 0 Å². The van der Waals surface area contributed by atoms with Crippen LogP contribution in [0, 0.1) is 0 Å². The SMILES string of the molecule is CCOC(=O)/C=C(/C(=O)OCC)C(=O)N(C(=O)c1ccccc1)C1CCCCC1. The highest BCUT2D eigenvalue weighted by molar-refractivity contribution is 6.23. The lowest BCUT2D eigenvalue weighted by atomic mass is 9.93. The molecular formula is C22H27NO6. The number of esters is 2. The first-order chi connectivity index (χ1) is 14.0. The van der Waals surface area contributed by atoms with E-state index in [2.05, 4.69) is 0 Å². The van der Waals surface area contributed by atoms with E-state index < -0.39 is 29.3 Å². The molecule has 1 aromatic carbocycles. The number of hydrogen-bond donors (Lipinski definition) is 0. The van der Waals surface area contributed by atoms with Crippen molar-refractivity contribution in [1.29, 1.82) is 0 Å². The van der Waals surface area contributed by atoms with Gasteiger partial charge in [-0.25, -0.2) is 9.59 Å². The van der Waals surface area contributed by atoms with Gasteiger partial charge in [-0.15, -0.1) is 0 Å². The number of rotatable bonds is 7. The van der Waals surface area contributed by atoms with Gasteiger partial charge in [-0.05, 0) is 38.8 Å². The van der Waals surface area contributed by atoms with E-state index in [9.17, 15) is 19.2 Å². The summed E-state index contributed by atoms with van der Waals surface area (Å²) in [6.45, 7) is 3.33. The molecule has 0 atom stereocenters. The third-order valence-electron chi connectivity index (χ3n) is 4.67. The third-order valence-corrected chi connectivity index (χ3v) is 4.67. The molecule has 1 aromatic rings. The van der Waals surface area contributed by atoms with E-state index in [0.29, 0.717) is 18.4 Å². The number of carbonyl (C=O) groups excluding carboxylic acids is 4. The Kier molecular flexibility index (Phi) is 8.58. The highest BCUT2D eigenvalue weighted by Crippen LogP contribution is 2.26. The van der Waals surface area contributed by atoms with Crippen LogP contribution in [0.5, 0.6) is 0 Å². The van der Waals surface area contributed by atoms with Crippen LogP contribution in [0.4, 0.5) is 0 Å². The number of imide groups is 1. The van der Waals surface area contributed by atoms with Gasteiger partial charge in [0.2, 0.25) is 0 Å². The Morgan fingerprint density at radius 2 is 1.59 bits per heavy atom. The van der Waals surface area contributed by atoms with Crippen molar-refractivity contribution >= 4 is 23.8 Å². The van der Waals surface area contributed by atoms with Crippen molar-refractivity contribution in [3.8, 4) is 0 Å². The number of amides is 2. The van der Waals surface area contributed by atoms with Gasteiger partial charge in [-0.2, -0.15) is 0 Å². The first-order valence-electron chi connectivity index (χ1n) is 9.98. The molecule has 0 N–H and O–H groups in total. The molecule has 156 valence electrons. The highest BCUT2D eigenvalue weighted by atomic mass is 16.5. The Labute approximate surface area is 170 Å². The normalized spacial score (nSPS) is 14.8. The van der Waals surface area contributed by atoms with E-state index in [4.69, 9.17) is 9.47 Å². The van der Waals surface area contributed by atoms with Crippen LogP contribution >= 0.6 is 0 Å². The van der Waals surface area contributed by atoms with Gasteiger partial charge in [0, 0.05) is 17.7 Å². The molecule has 2 rings (SSSR count). The molecule has 0 aliphatic heterocycles. The van der Waals surface area contributed by atoms with Crippen molar-refractivity contribution in [2.45, 2.75) is 52.0 Å². The standard InChI is InChI=1S/C22H27NO6/c1-3-28-19(24)15-18(22(27)29-4-2)21(26)23(17-13-9-6-10-14-17)20(25)16-11-7-5-8-12-16/h5,7-8,11-12,15,17H,3-4,6,9-10,13-14H2,1-2H3/b18-15+. The quantitative estimate of drug-likeness (QED) is 0.302. The summed E-state index contributed by atoms with van der Waals surface area (Å²) >= 11 is 0. The van der Waals surface area contributed by atoms with Gasteiger partial charge in [-0.3, -0.25) is 14.5 Å². The minimum Gasteiger partial charge on any atom is -0.463 e. The fraction of sp³-hybridized carbons (Fsp3) is 0.455. The molecule has 0 unspecified atom stereocenters. The Morgan fingerprint density at radius 3 is 2.17 bits per heavy atom. The van der Waals surface area contributed by atoms with Crippen LogP contribution in [-0.2, 0) is 23.9 Å². The molecule has 29 heavy (non-hydrogen) atoms. The fourth-order valence-electron chi connectivity index (χ4n) is 3.33. The van der Waals surface area contributed by atoms with Gasteiger partial charge in [0.05, 0.1) is 13.2 Å². The topological polar surface area (TPSA) is 90.0 Å². The lowest BCUT2D eigenvalue weighted by molar-refractivity contribution is -0.144. The van der Waals surface area contributed by atoms with Gasteiger partial charge in [0.1, 0.15) is 5.57 Å². The first-order valence-corrected chi connectivity index (χ1v) is 9.98. The number of benzene rings is 1. The van der Waals surface area contributed by atoms with Gasteiger partial charge >= 0.3 is 11.9 Å². The largest absolute Gasteiger partial charge is 0.463 e. The summed E-state index contributed by atoms with van der Waals surface area (Å²) in [6, 6.07) is 8.07. The molecule has 0 radical (unpaired) electrons. The Bertz CT molecular complexity index is 765. The van der Waals surface area contributed by atoms with Gasteiger partial charge < -0.3 is 9.47 Å². The molecule has 0 bridgehead atoms. The Hall–Kier alpha value is -2.96. The minimum absolute atomic E-state index is 0.0301. The lowest BCUT2D eigenvalue weighted by Crippen LogP contribution is -2.47. The van der Waals surface area contributed by atoms with E-state index in [1.807, 2.05) is 0 Å². The average Bonchev–Trinajstić information content (AvgIpc) is 2.73. The smallest absolute Gasteiger partial charge is 0.344 e. The Balaban J connectivity index is 2.44. The summed E-state index contributed by atoms with van der Waals surface area (Å²) in [5.41, 5.74) is -0.161. The third kappa shape index (κ3) is 6.01. The predicted molar refractivity (Wildman–Crippen MR) is 106 cm³/mol. The fourth-order valence-corrected chi connectivity index (χ4v) is 3.33. The van der Waals surface area contributed by atoms with Crippen molar-refractivity contribution in [3.05, 3.63) is 47.5 Å². The summed E-state index contributed by atoms with van der Waals surface area (Å²) < 4.78 is 9.80. The summed E-state index contributed by atoms with van der Waals surface area (Å²) in [4.78, 5) is 52.0. The van der Waals surface area contributed by atoms with Crippen LogP contribution in [-0.4, -0.2) is 47.9 Å². The molecule has 7 heteroatoms. The molecular weight excluding hydrogens is 374 g/mol. The minimum atomic E-state index is -0.952. The second-order valence-corrected chi connectivity index (χ2v) is 6.67. The molecule has 0 spiro atoms. The van der Waals surface area contributed by atoms with E-state index in [1.54, 1.807) is 44.2 Å². The molecule has 7 nitrogen and oxygen atoms in total. The number of carbonyl (C=O) groups is 4. The summed E-state index contributed by atoms with van der Waals surface area (Å²) in [5.74, 6) is -3.12. The summed E-state index contributed by atoms with van der Waals surface area (Å²) in [6.07, 6.45) is 4.92. The van der Waals surface area contributed by atoms with Gasteiger partial charge in [0.15, 0.2) is 0 Å². The van der Waals surface area contributed by atoms with E-state index in [1.165, 1.54) is 0 Å². The predicted octanol–water partition coefficient (Wildman–Crippen LogP) is 3.04. The first kappa shape index (κ1) is 22.3. The van der Waals surface area contributed by atoms with Crippen molar-refractivity contribution < 1.29 is 28.7 Å². The maximum atomic E-state index is 13.3. The van der Waals surface area contributed by atoms with Crippen molar-refractivity contribution in [2.24, 2.45) is 0 Å². The summed E-state index contributed by atoms with van der Waals surface area (Å²) in [7, 11) is 0.